The van der Waals surface area contributed by atoms with E-state index in [0.717, 1.165) is 0 Å². The van der Waals surface area contributed by atoms with Crippen LogP contribution in [-0.2, 0) is 0 Å². The number of nitrogens with zero attached hydrogens (tertiary/aromatic N) is 3. The van der Waals surface area contributed by atoms with Crippen LogP contribution in [0.3, 0.4) is 0 Å². The van der Waals surface area contributed by atoms with Crippen LogP contribution in [0.1, 0.15) is 53.5 Å². The number of rotatable bonds is 5. The summed E-state index contributed by atoms with van der Waals surface area (Å²) in [7, 11) is 0. The van der Waals surface area contributed by atoms with Crippen molar-refractivity contribution < 1.29 is 18.7 Å². The van der Waals surface area contributed by atoms with Gasteiger partial charge in [0.25, 0.3) is 5.91 Å². The molecule has 2 aromatic heterocycles. The number of hydrogen-bond donors (Lipinski definition) is 2. The molecule has 1 aliphatic carbocycles. The highest BCUT2D eigenvalue weighted by atomic mass is 35.5. The maximum atomic E-state index is 14.3. The first-order chi connectivity index (χ1) is 15.8. The smallest absolute Gasteiger partial charge is 0.271 e. The molecule has 172 valence electrons. The molecule has 1 amide bonds. The van der Waals surface area contributed by atoms with Crippen LogP contribution in [-0.4, -0.2) is 37.7 Å². The number of aliphatic hydroxyl groups is 1. The third kappa shape index (κ3) is 4.86. The lowest BCUT2D eigenvalue weighted by Gasteiger charge is -2.41. The quantitative estimate of drug-likeness (QED) is 0.559. The standard InChI is InChI=1S/C24H23ClF2N4O2/c1-14-6-7-17(22-28-12-3-13-29-22)20(30-14)23(32)31-21(16-4-2-5-18(27)19(16)25)24(33)10-8-15(26)9-11-24/h2-7,12-13,15,21,33H,8-11H2,1H3,(H,31,32)/t15-,21?,24+. The van der Waals surface area contributed by atoms with Crippen molar-refractivity contribution in [3.63, 3.8) is 0 Å². The molecule has 1 fully saturated rings. The van der Waals surface area contributed by atoms with E-state index in [1.54, 1.807) is 43.6 Å². The molecule has 1 atom stereocenters. The van der Waals surface area contributed by atoms with Gasteiger partial charge in [-0.25, -0.2) is 23.7 Å². The summed E-state index contributed by atoms with van der Waals surface area (Å²) in [5, 5.41) is 14.0. The van der Waals surface area contributed by atoms with E-state index < -0.39 is 29.5 Å². The Labute approximate surface area is 195 Å². The van der Waals surface area contributed by atoms with E-state index in [1.165, 1.54) is 12.1 Å². The van der Waals surface area contributed by atoms with E-state index in [-0.39, 0.29) is 42.0 Å². The molecule has 1 aliphatic rings. The van der Waals surface area contributed by atoms with Gasteiger partial charge in [0.2, 0.25) is 0 Å². The van der Waals surface area contributed by atoms with Gasteiger partial charge in [0.05, 0.1) is 22.2 Å². The molecular weight excluding hydrogens is 450 g/mol. The predicted octanol–water partition coefficient (Wildman–Crippen LogP) is 4.75. The van der Waals surface area contributed by atoms with Gasteiger partial charge in [0.1, 0.15) is 17.7 Å². The Bertz CT molecular complexity index is 1150. The summed E-state index contributed by atoms with van der Waals surface area (Å²) in [5.41, 5.74) is -0.237. The molecule has 1 aromatic carbocycles. The van der Waals surface area contributed by atoms with Gasteiger partial charge in [-0.2, -0.15) is 0 Å². The molecule has 33 heavy (non-hydrogen) atoms. The largest absolute Gasteiger partial charge is 0.387 e. The third-order valence-electron chi connectivity index (χ3n) is 5.94. The van der Waals surface area contributed by atoms with Crippen molar-refractivity contribution in [2.24, 2.45) is 0 Å². The van der Waals surface area contributed by atoms with Crippen LogP contribution in [0.5, 0.6) is 0 Å². The number of aryl methyl sites for hydroxylation is 1. The summed E-state index contributed by atoms with van der Waals surface area (Å²) in [6, 6.07) is 8.20. The fourth-order valence-corrected chi connectivity index (χ4v) is 4.40. The highest BCUT2D eigenvalue weighted by molar-refractivity contribution is 6.31. The lowest BCUT2D eigenvalue weighted by atomic mass is 9.76. The molecule has 4 rings (SSSR count). The van der Waals surface area contributed by atoms with Crippen LogP contribution in [0.15, 0.2) is 48.8 Å². The normalized spacial score (nSPS) is 21.4. The van der Waals surface area contributed by atoms with Gasteiger partial charge in [0, 0.05) is 18.1 Å². The fraction of sp³-hybridized carbons (Fsp3) is 0.333. The molecule has 2 heterocycles. The summed E-state index contributed by atoms with van der Waals surface area (Å²) >= 11 is 6.23. The van der Waals surface area contributed by atoms with Crippen molar-refractivity contribution in [2.75, 3.05) is 0 Å². The first-order valence-electron chi connectivity index (χ1n) is 10.6. The molecule has 0 aliphatic heterocycles. The van der Waals surface area contributed by atoms with Crippen molar-refractivity contribution in [1.29, 1.82) is 0 Å². The Balaban J connectivity index is 1.75. The molecule has 6 nitrogen and oxygen atoms in total. The maximum Gasteiger partial charge on any atom is 0.271 e. The summed E-state index contributed by atoms with van der Waals surface area (Å²) in [4.78, 5) is 26.3. The highest BCUT2D eigenvalue weighted by Gasteiger charge is 2.43. The SMILES string of the molecule is Cc1ccc(-c2ncccn2)c(C(=O)NC(c2cccc(F)c2Cl)[C@]2(O)CC[C@@H](F)CC2)n1. The third-order valence-corrected chi connectivity index (χ3v) is 6.34. The Kier molecular flexibility index (Phi) is 6.67. The Hall–Kier alpha value is -2.97. The number of nitrogens with one attached hydrogen (secondary N) is 1. The van der Waals surface area contributed by atoms with E-state index in [1.807, 2.05) is 0 Å². The van der Waals surface area contributed by atoms with Gasteiger partial charge in [0.15, 0.2) is 5.82 Å². The zero-order chi connectivity index (χ0) is 23.6. The minimum Gasteiger partial charge on any atom is -0.387 e. The molecule has 2 N–H and O–H groups in total. The number of alkyl halides is 1. The maximum absolute atomic E-state index is 14.3. The number of halogens is 3. The van der Waals surface area contributed by atoms with Gasteiger partial charge < -0.3 is 10.4 Å². The average Bonchev–Trinajstić information content (AvgIpc) is 2.82. The second kappa shape index (κ2) is 9.49. The zero-order valence-corrected chi connectivity index (χ0v) is 18.7. The van der Waals surface area contributed by atoms with Crippen LogP contribution < -0.4 is 5.32 Å². The second-order valence-corrected chi connectivity index (χ2v) is 8.63. The number of aromatic nitrogens is 3. The van der Waals surface area contributed by atoms with Crippen LogP contribution >= 0.6 is 11.6 Å². The van der Waals surface area contributed by atoms with Crippen LogP contribution in [0.2, 0.25) is 5.02 Å². The van der Waals surface area contributed by atoms with Crippen molar-refractivity contribution in [2.45, 2.75) is 50.4 Å². The van der Waals surface area contributed by atoms with Gasteiger partial charge in [-0.1, -0.05) is 23.7 Å². The minimum atomic E-state index is -1.51. The average molecular weight is 473 g/mol. The van der Waals surface area contributed by atoms with Crippen LogP contribution in [0.25, 0.3) is 11.4 Å². The van der Waals surface area contributed by atoms with Gasteiger partial charge in [-0.3, -0.25) is 4.79 Å². The lowest BCUT2D eigenvalue weighted by Crippen LogP contribution is -2.49. The summed E-state index contributed by atoms with van der Waals surface area (Å²) in [5.74, 6) is -0.974. The molecule has 0 saturated heterocycles. The van der Waals surface area contributed by atoms with Crippen LogP contribution in [0.4, 0.5) is 8.78 Å². The Morgan fingerprint density at radius 1 is 1.18 bits per heavy atom. The Morgan fingerprint density at radius 2 is 1.88 bits per heavy atom. The summed E-state index contributed by atoms with van der Waals surface area (Å²) in [6.07, 6.45) is 2.49. The predicted molar refractivity (Wildman–Crippen MR) is 120 cm³/mol. The molecule has 0 radical (unpaired) electrons. The first kappa shape index (κ1) is 23.2. The number of carbonyl (C=O) groups is 1. The molecule has 9 heteroatoms. The van der Waals surface area contributed by atoms with E-state index in [4.69, 9.17) is 11.6 Å². The second-order valence-electron chi connectivity index (χ2n) is 8.25. The lowest BCUT2D eigenvalue weighted by molar-refractivity contribution is -0.0446. The summed E-state index contributed by atoms with van der Waals surface area (Å²) < 4.78 is 28.1. The zero-order valence-electron chi connectivity index (χ0n) is 17.9. The molecular formula is C24H23ClF2N4O2. The molecule has 0 bridgehead atoms. The molecule has 1 unspecified atom stereocenters. The minimum absolute atomic E-state index is 0.0569. The van der Waals surface area contributed by atoms with E-state index >= 15 is 0 Å². The van der Waals surface area contributed by atoms with Gasteiger partial charge >= 0.3 is 0 Å². The van der Waals surface area contributed by atoms with E-state index in [2.05, 4.69) is 20.3 Å². The molecule has 3 aromatic rings. The number of benzene rings is 1. The van der Waals surface area contributed by atoms with Crippen molar-refractivity contribution in [3.8, 4) is 11.4 Å². The van der Waals surface area contributed by atoms with Crippen molar-refractivity contribution in [3.05, 3.63) is 76.6 Å². The summed E-state index contributed by atoms with van der Waals surface area (Å²) in [6.45, 7) is 1.74. The number of carbonyl (C=O) groups excluding carboxylic acids is 1. The van der Waals surface area contributed by atoms with E-state index in [0.29, 0.717) is 17.1 Å². The van der Waals surface area contributed by atoms with Gasteiger partial charge in [-0.05, 0) is 62.4 Å². The fourth-order valence-electron chi connectivity index (χ4n) is 4.16. The number of pyridine rings is 1. The monoisotopic (exact) mass is 472 g/mol. The number of hydrogen-bond acceptors (Lipinski definition) is 5. The van der Waals surface area contributed by atoms with Crippen molar-refractivity contribution in [1.82, 2.24) is 20.3 Å². The number of amides is 1. The van der Waals surface area contributed by atoms with Crippen molar-refractivity contribution >= 4 is 17.5 Å². The highest BCUT2D eigenvalue weighted by Crippen LogP contribution is 2.42. The van der Waals surface area contributed by atoms with Gasteiger partial charge in [-0.15, -0.1) is 0 Å². The molecule has 1 saturated carbocycles. The topological polar surface area (TPSA) is 88.0 Å². The molecule has 0 spiro atoms. The van der Waals surface area contributed by atoms with E-state index in [9.17, 15) is 18.7 Å². The van der Waals surface area contributed by atoms with Crippen LogP contribution in [0, 0.1) is 12.7 Å². The Morgan fingerprint density at radius 3 is 2.58 bits per heavy atom. The first-order valence-corrected chi connectivity index (χ1v) is 11.0.